The number of allylic oxidation sites excluding steroid dienone is 2. The summed E-state index contributed by atoms with van der Waals surface area (Å²) < 4.78 is 0. The first kappa shape index (κ1) is 16.6. The molecule has 3 N–H and O–H groups in total. The monoisotopic (exact) mass is 333 g/mol. The van der Waals surface area contributed by atoms with Gasteiger partial charge in [-0.15, -0.1) is 0 Å². The van der Waals surface area contributed by atoms with Gasteiger partial charge in [-0.25, -0.2) is 0 Å². The molecule has 0 radical (unpaired) electrons. The number of hydrogen-bond donors (Lipinski definition) is 2. The van der Waals surface area contributed by atoms with Crippen LogP contribution in [0.2, 0.25) is 0 Å². The van der Waals surface area contributed by atoms with E-state index < -0.39 is 8.30 Å². The summed E-state index contributed by atoms with van der Waals surface area (Å²) in [6.07, 6.45) is 12.8. The van der Waals surface area contributed by atoms with Gasteiger partial charge in [-0.1, -0.05) is 79.9 Å². The highest BCUT2D eigenvalue weighted by atomic mass is 31.2. The smallest absolute Gasteiger partial charge is 0.130 e. The Morgan fingerprint density at radius 2 is 1.58 bits per heavy atom. The summed E-state index contributed by atoms with van der Waals surface area (Å²) in [6.45, 7) is 7.94. The summed E-state index contributed by atoms with van der Waals surface area (Å²) in [6, 6.07) is 10.2. The van der Waals surface area contributed by atoms with Gasteiger partial charge in [0.2, 0.25) is 0 Å². The third-order valence-corrected chi connectivity index (χ3v) is 5.11. The van der Waals surface area contributed by atoms with Gasteiger partial charge < -0.3 is 4.89 Å². The molecule has 0 saturated carbocycles. The molecule has 0 bridgehead atoms. The van der Waals surface area contributed by atoms with Crippen LogP contribution in [0.1, 0.15) is 28.7 Å². The minimum atomic E-state index is -1.76. The van der Waals surface area contributed by atoms with Crippen molar-refractivity contribution in [1.82, 2.24) is 0 Å². The van der Waals surface area contributed by atoms with Crippen LogP contribution in [-0.4, -0.2) is 4.89 Å². The van der Waals surface area contributed by atoms with Crippen molar-refractivity contribution in [2.24, 2.45) is 5.50 Å². The summed E-state index contributed by atoms with van der Waals surface area (Å²) in [7, 11) is -1.76. The Hall–Kier alpha value is -2.25. The van der Waals surface area contributed by atoms with E-state index in [1.54, 1.807) is 6.08 Å². The molecule has 1 aliphatic rings. The van der Waals surface area contributed by atoms with Crippen LogP contribution in [-0.2, 0) is 0 Å². The summed E-state index contributed by atoms with van der Waals surface area (Å²) in [5, 5.41) is 0.757. The zero-order valence-electron chi connectivity index (χ0n) is 13.4. The highest BCUT2D eigenvalue weighted by Crippen LogP contribution is 2.39. The van der Waals surface area contributed by atoms with E-state index in [1.165, 1.54) is 0 Å². The average Bonchev–Trinajstić information content (AvgIpc) is 2.85. The number of rotatable bonds is 4. The van der Waals surface area contributed by atoms with E-state index in [-0.39, 0.29) is 0 Å². The lowest BCUT2D eigenvalue weighted by Gasteiger charge is -2.22. The fraction of sp³-hybridized carbons (Fsp3) is 0.0476. The topological polar surface area (TPSA) is 46.2 Å². The van der Waals surface area contributed by atoms with Gasteiger partial charge in [-0.05, 0) is 39.8 Å². The predicted octanol–water partition coefficient (Wildman–Crippen LogP) is 4.96. The molecule has 120 valence electrons. The SMILES string of the molecule is C=Cc1c(C=C)c(P(N)O)c2c(c1-c1ccccc1)C=CCC=C2. The quantitative estimate of drug-likeness (QED) is 0.777. The van der Waals surface area contributed by atoms with Crippen LogP contribution in [0.3, 0.4) is 0 Å². The normalized spacial score (nSPS) is 13.9. The van der Waals surface area contributed by atoms with Gasteiger partial charge in [0.25, 0.3) is 0 Å². The van der Waals surface area contributed by atoms with Crippen LogP contribution >= 0.6 is 8.30 Å². The lowest BCUT2D eigenvalue weighted by atomic mass is 9.87. The molecule has 2 nitrogen and oxygen atoms in total. The second-order valence-electron chi connectivity index (χ2n) is 5.54. The molecule has 0 spiro atoms. The maximum Gasteiger partial charge on any atom is 0.130 e. The molecule has 0 aromatic heterocycles. The van der Waals surface area contributed by atoms with Gasteiger partial charge in [-0.2, -0.15) is 0 Å². The molecule has 0 heterocycles. The summed E-state index contributed by atoms with van der Waals surface area (Å²) >= 11 is 0. The maximum atomic E-state index is 10.3. The van der Waals surface area contributed by atoms with Crippen LogP contribution in [0.4, 0.5) is 0 Å². The molecule has 2 aromatic carbocycles. The Labute approximate surface area is 144 Å². The van der Waals surface area contributed by atoms with Crippen molar-refractivity contribution in [3.8, 4) is 11.1 Å². The molecule has 3 heteroatoms. The van der Waals surface area contributed by atoms with Crippen LogP contribution in [0.5, 0.6) is 0 Å². The Balaban J connectivity index is 2.52. The van der Waals surface area contributed by atoms with E-state index in [9.17, 15) is 4.89 Å². The second-order valence-corrected chi connectivity index (χ2v) is 6.67. The van der Waals surface area contributed by atoms with Gasteiger partial charge >= 0.3 is 0 Å². The maximum absolute atomic E-state index is 10.3. The first-order chi connectivity index (χ1) is 11.7. The van der Waals surface area contributed by atoms with Crippen molar-refractivity contribution in [1.29, 1.82) is 0 Å². The van der Waals surface area contributed by atoms with Crippen molar-refractivity contribution in [2.75, 3.05) is 0 Å². The largest absolute Gasteiger partial charge is 0.356 e. The lowest BCUT2D eigenvalue weighted by Crippen LogP contribution is -2.18. The van der Waals surface area contributed by atoms with Crippen molar-refractivity contribution < 1.29 is 4.89 Å². The second kappa shape index (κ2) is 7.11. The Bertz CT molecular complexity index is 848. The number of benzene rings is 2. The molecule has 1 unspecified atom stereocenters. The van der Waals surface area contributed by atoms with E-state index in [0.717, 1.165) is 45.1 Å². The first-order valence-corrected chi connectivity index (χ1v) is 9.16. The molecular weight excluding hydrogens is 313 g/mol. The van der Waals surface area contributed by atoms with Gasteiger partial charge in [0, 0.05) is 5.30 Å². The minimum Gasteiger partial charge on any atom is -0.356 e. The van der Waals surface area contributed by atoms with Gasteiger partial charge in [-0.3, -0.25) is 5.50 Å². The van der Waals surface area contributed by atoms with Crippen LogP contribution in [0.15, 0.2) is 55.6 Å². The van der Waals surface area contributed by atoms with Crippen molar-refractivity contribution in [3.63, 3.8) is 0 Å². The first-order valence-electron chi connectivity index (χ1n) is 7.80. The minimum absolute atomic E-state index is 0.757. The Kier molecular flexibility index (Phi) is 4.92. The summed E-state index contributed by atoms with van der Waals surface area (Å²) in [4.78, 5) is 10.3. The van der Waals surface area contributed by atoms with Crippen molar-refractivity contribution in [3.05, 3.63) is 77.9 Å². The predicted molar refractivity (Wildman–Crippen MR) is 108 cm³/mol. The number of hydrogen-bond acceptors (Lipinski definition) is 2. The molecule has 0 saturated heterocycles. The Morgan fingerprint density at radius 3 is 2.17 bits per heavy atom. The third kappa shape index (κ3) is 2.81. The van der Waals surface area contributed by atoms with Gasteiger partial charge in [0.1, 0.15) is 8.30 Å². The number of nitrogens with two attached hydrogens (primary N) is 1. The zero-order valence-corrected chi connectivity index (χ0v) is 14.3. The lowest BCUT2D eigenvalue weighted by molar-refractivity contribution is 0.636. The standard InChI is InChI=1S/C21H20NOP/c1-3-16-17(4-2)21(24(22)23)19-14-10-6-9-13-18(19)20(16)15-11-7-5-8-12-15/h3-5,7-14,23H,1-2,6,22H2. The highest BCUT2D eigenvalue weighted by Gasteiger charge is 2.23. The van der Waals surface area contributed by atoms with Crippen molar-refractivity contribution in [2.45, 2.75) is 6.42 Å². The van der Waals surface area contributed by atoms with E-state index in [2.05, 4.69) is 49.6 Å². The van der Waals surface area contributed by atoms with Crippen LogP contribution < -0.4 is 10.8 Å². The average molecular weight is 333 g/mol. The van der Waals surface area contributed by atoms with Gasteiger partial charge in [0.15, 0.2) is 0 Å². The third-order valence-electron chi connectivity index (χ3n) is 4.17. The molecule has 0 fully saturated rings. The van der Waals surface area contributed by atoms with Gasteiger partial charge in [0.05, 0.1) is 0 Å². The molecule has 0 amide bonds. The molecule has 1 atom stereocenters. The fourth-order valence-electron chi connectivity index (χ4n) is 3.19. The van der Waals surface area contributed by atoms with Crippen molar-refractivity contribution >= 4 is 37.9 Å². The highest BCUT2D eigenvalue weighted by molar-refractivity contribution is 7.57. The molecule has 24 heavy (non-hydrogen) atoms. The van der Waals surface area contributed by atoms with Crippen LogP contribution in [0.25, 0.3) is 35.4 Å². The molecule has 3 rings (SSSR count). The van der Waals surface area contributed by atoms with E-state index in [4.69, 9.17) is 5.50 Å². The zero-order chi connectivity index (χ0) is 17.1. The van der Waals surface area contributed by atoms with E-state index >= 15 is 0 Å². The molecular formula is C21H20NOP. The molecule has 1 aliphatic carbocycles. The fourth-order valence-corrected chi connectivity index (χ4v) is 4.09. The summed E-state index contributed by atoms with van der Waals surface area (Å²) in [5.74, 6) is 0. The van der Waals surface area contributed by atoms with E-state index in [1.807, 2.05) is 24.3 Å². The van der Waals surface area contributed by atoms with E-state index in [0.29, 0.717) is 0 Å². The van der Waals surface area contributed by atoms with Crippen LogP contribution in [0, 0.1) is 0 Å². The molecule has 0 aliphatic heterocycles. The Morgan fingerprint density at radius 1 is 0.958 bits per heavy atom. The number of fused-ring (bicyclic) bond motifs is 1. The summed E-state index contributed by atoms with van der Waals surface area (Å²) in [5.41, 5.74) is 12.0. The molecule has 2 aromatic rings.